The maximum absolute atomic E-state index is 10.7. The van der Waals surface area contributed by atoms with Gasteiger partial charge >= 0.3 is 0 Å². The third kappa shape index (κ3) is 2.71. The molecule has 0 spiro atoms. The SMILES string of the molecule is CC(c1ccc(O)cc1)C(C)(O)c1ccc(O)cc1. The first-order valence-corrected chi connectivity index (χ1v) is 6.22. The molecule has 0 saturated carbocycles. The van der Waals surface area contributed by atoms with Crippen LogP contribution < -0.4 is 0 Å². The van der Waals surface area contributed by atoms with E-state index in [0.29, 0.717) is 0 Å². The number of rotatable bonds is 3. The molecule has 2 unspecified atom stereocenters. The zero-order valence-electron chi connectivity index (χ0n) is 11.0. The van der Waals surface area contributed by atoms with Gasteiger partial charge in [-0.1, -0.05) is 31.2 Å². The molecule has 19 heavy (non-hydrogen) atoms. The van der Waals surface area contributed by atoms with Crippen LogP contribution in [0, 0.1) is 0 Å². The minimum absolute atomic E-state index is 0.141. The monoisotopic (exact) mass is 258 g/mol. The average Bonchev–Trinajstić information content (AvgIpc) is 2.39. The van der Waals surface area contributed by atoms with Crippen molar-refractivity contribution in [2.24, 2.45) is 0 Å². The molecule has 0 aliphatic rings. The van der Waals surface area contributed by atoms with Crippen LogP contribution in [-0.2, 0) is 5.60 Å². The number of phenolic OH excluding ortho intramolecular Hbond substituents is 2. The lowest BCUT2D eigenvalue weighted by atomic mass is 9.80. The second-order valence-electron chi connectivity index (χ2n) is 5.01. The summed E-state index contributed by atoms with van der Waals surface area (Å²) in [6.45, 7) is 3.68. The van der Waals surface area contributed by atoms with Gasteiger partial charge in [0.1, 0.15) is 11.5 Å². The predicted molar refractivity (Wildman–Crippen MR) is 74.2 cm³/mol. The smallest absolute Gasteiger partial charge is 0.115 e. The first-order valence-electron chi connectivity index (χ1n) is 6.22. The summed E-state index contributed by atoms with van der Waals surface area (Å²) < 4.78 is 0. The summed E-state index contributed by atoms with van der Waals surface area (Å²) in [5, 5.41) is 29.3. The minimum atomic E-state index is -1.05. The fourth-order valence-electron chi connectivity index (χ4n) is 2.14. The van der Waals surface area contributed by atoms with Gasteiger partial charge in [-0.05, 0) is 42.3 Å². The maximum atomic E-state index is 10.7. The highest BCUT2D eigenvalue weighted by Crippen LogP contribution is 2.37. The van der Waals surface area contributed by atoms with Crippen molar-refractivity contribution in [2.45, 2.75) is 25.4 Å². The van der Waals surface area contributed by atoms with E-state index in [1.165, 1.54) is 0 Å². The van der Waals surface area contributed by atoms with Crippen molar-refractivity contribution in [3.05, 3.63) is 59.7 Å². The highest BCUT2D eigenvalue weighted by molar-refractivity contribution is 5.35. The normalized spacial score (nSPS) is 15.7. The largest absolute Gasteiger partial charge is 0.508 e. The van der Waals surface area contributed by atoms with Crippen LogP contribution in [-0.4, -0.2) is 15.3 Å². The van der Waals surface area contributed by atoms with Crippen molar-refractivity contribution in [3.63, 3.8) is 0 Å². The number of aliphatic hydroxyl groups is 1. The van der Waals surface area contributed by atoms with Gasteiger partial charge in [0, 0.05) is 5.92 Å². The molecule has 0 aliphatic carbocycles. The van der Waals surface area contributed by atoms with E-state index in [2.05, 4.69) is 0 Å². The lowest BCUT2D eigenvalue weighted by molar-refractivity contribution is 0.0323. The molecule has 0 amide bonds. The van der Waals surface area contributed by atoms with Gasteiger partial charge < -0.3 is 15.3 Å². The van der Waals surface area contributed by atoms with E-state index in [9.17, 15) is 15.3 Å². The number of aromatic hydroxyl groups is 2. The first-order chi connectivity index (χ1) is 8.91. The van der Waals surface area contributed by atoms with E-state index >= 15 is 0 Å². The fourth-order valence-corrected chi connectivity index (χ4v) is 2.14. The van der Waals surface area contributed by atoms with E-state index in [4.69, 9.17) is 0 Å². The third-order valence-electron chi connectivity index (χ3n) is 3.69. The zero-order valence-corrected chi connectivity index (χ0v) is 11.0. The molecule has 0 aliphatic heterocycles. The maximum Gasteiger partial charge on any atom is 0.115 e. The van der Waals surface area contributed by atoms with Gasteiger partial charge in [-0.3, -0.25) is 0 Å². The van der Waals surface area contributed by atoms with E-state index in [0.717, 1.165) is 11.1 Å². The van der Waals surface area contributed by atoms with Crippen LogP contribution in [0.25, 0.3) is 0 Å². The van der Waals surface area contributed by atoms with Crippen LogP contribution >= 0.6 is 0 Å². The van der Waals surface area contributed by atoms with Crippen LogP contribution in [0.5, 0.6) is 11.5 Å². The van der Waals surface area contributed by atoms with Crippen LogP contribution in [0.4, 0.5) is 0 Å². The highest BCUT2D eigenvalue weighted by atomic mass is 16.3. The van der Waals surface area contributed by atoms with E-state index < -0.39 is 5.60 Å². The Balaban J connectivity index is 2.32. The Morgan fingerprint density at radius 2 is 1.26 bits per heavy atom. The Kier molecular flexibility index (Phi) is 3.49. The summed E-state index contributed by atoms with van der Waals surface area (Å²) in [4.78, 5) is 0. The quantitative estimate of drug-likeness (QED) is 0.792. The Morgan fingerprint density at radius 1 is 0.842 bits per heavy atom. The second-order valence-corrected chi connectivity index (χ2v) is 5.01. The molecule has 0 heterocycles. The number of benzene rings is 2. The lowest BCUT2D eigenvalue weighted by Gasteiger charge is -2.31. The van der Waals surface area contributed by atoms with Crippen molar-refractivity contribution < 1.29 is 15.3 Å². The highest BCUT2D eigenvalue weighted by Gasteiger charge is 2.31. The molecule has 2 rings (SSSR count). The molecule has 3 N–H and O–H groups in total. The molecule has 0 saturated heterocycles. The van der Waals surface area contributed by atoms with Gasteiger partial charge in [0.15, 0.2) is 0 Å². The van der Waals surface area contributed by atoms with E-state index in [1.807, 2.05) is 6.92 Å². The second kappa shape index (κ2) is 4.94. The number of hydrogen-bond donors (Lipinski definition) is 3. The average molecular weight is 258 g/mol. The molecule has 3 heteroatoms. The van der Waals surface area contributed by atoms with Crippen LogP contribution in [0.3, 0.4) is 0 Å². The Labute approximate surface area is 112 Å². The molecule has 2 aromatic rings. The summed E-state index contributed by atoms with van der Waals surface area (Å²) in [6, 6.07) is 13.4. The number of hydrogen-bond acceptors (Lipinski definition) is 3. The van der Waals surface area contributed by atoms with Crippen LogP contribution in [0.1, 0.15) is 30.9 Å². The van der Waals surface area contributed by atoms with Crippen molar-refractivity contribution in [2.75, 3.05) is 0 Å². The Morgan fingerprint density at radius 3 is 1.74 bits per heavy atom. The van der Waals surface area contributed by atoms with Crippen molar-refractivity contribution >= 4 is 0 Å². The third-order valence-corrected chi connectivity index (χ3v) is 3.69. The summed E-state index contributed by atoms with van der Waals surface area (Å²) in [7, 11) is 0. The van der Waals surface area contributed by atoms with Crippen LogP contribution in [0.2, 0.25) is 0 Å². The topological polar surface area (TPSA) is 60.7 Å². The molecule has 0 bridgehead atoms. The molecule has 3 nitrogen and oxygen atoms in total. The number of phenols is 2. The predicted octanol–water partition coefficient (Wildman–Crippen LogP) is 3.11. The van der Waals surface area contributed by atoms with E-state index in [-0.39, 0.29) is 17.4 Å². The van der Waals surface area contributed by atoms with Crippen molar-refractivity contribution in [1.29, 1.82) is 0 Å². The molecule has 100 valence electrons. The molecule has 0 radical (unpaired) electrons. The van der Waals surface area contributed by atoms with E-state index in [1.54, 1.807) is 55.5 Å². The van der Waals surface area contributed by atoms with Crippen molar-refractivity contribution in [1.82, 2.24) is 0 Å². The molecule has 0 aromatic heterocycles. The molecule has 2 atom stereocenters. The van der Waals surface area contributed by atoms with Gasteiger partial charge in [0.05, 0.1) is 5.60 Å². The lowest BCUT2D eigenvalue weighted by Crippen LogP contribution is -2.28. The zero-order chi connectivity index (χ0) is 14.0. The van der Waals surface area contributed by atoms with Gasteiger partial charge in [0.2, 0.25) is 0 Å². The molecule has 0 fully saturated rings. The van der Waals surface area contributed by atoms with Crippen molar-refractivity contribution in [3.8, 4) is 11.5 Å². The summed E-state index contributed by atoms with van der Waals surface area (Å²) in [6.07, 6.45) is 0. The minimum Gasteiger partial charge on any atom is -0.508 e. The Hall–Kier alpha value is -2.00. The standard InChI is InChI=1S/C16H18O3/c1-11(12-3-7-14(17)8-4-12)16(2,19)13-5-9-15(18)10-6-13/h3-11,17-19H,1-2H3. The summed E-state index contributed by atoms with van der Waals surface area (Å²) >= 11 is 0. The van der Waals surface area contributed by atoms with Crippen LogP contribution in [0.15, 0.2) is 48.5 Å². The fraction of sp³-hybridized carbons (Fsp3) is 0.250. The summed E-state index contributed by atoms with van der Waals surface area (Å²) in [5.74, 6) is 0.245. The Bertz CT molecular complexity index is 541. The molecule has 2 aromatic carbocycles. The summed E-state index contributed by atoms with van der Waals surface area (Å²) in [5.41, 5.74) is 0.631. The van der Waals surface area contributed by atoms with Gasteiger partial charge in [-0.15, -0.1) is 0 Å². The first kappa shape index (κ1) is 13.4. The van der Waals surface area contributed by atoms with Gasteiger partial charge in [0.25, 0.3) is 0 Å². The molecular weight excluding hydrogens is 240 g/mol. The molecular formula is C16H18O3. The van der Waals surface area contributed by atoms with Gasteiger partial charge in [-0.25, -0.2) is 0 Å². The van der Waals surface area contributed by atoms with Gasteiger partial charge in [-0.2, -0.15) is 0 Å².